The summed E-state index contributed by atoms with van der Waals surface area (Å²) in [7, 11) is 0. The van der Waals surface area contributed by atoms with Gasteiger partial charge < -0.3 is 5.11 Å². The number of hydrogen-bond donors (Lipinski definition) is 1. The summed E-state index contributed by atoms with van der Waals surface area (Å²) >= 11 is 0. The minimum Gasteiger partial charge on any atom is -0.507 e. The first kappa shape index (κ1) is 13.8. The summed E-state index contributed by atoms with van der Waals surface area (Å²) in [5, 5.41) is 10.3. The number of hydrogen-bond acceptors (Lipinski definition) is 1. The molecule has 1 nitrogen and oxygen atoms in total. The summed E-state index contributed by atoms with van der Waals surface area (Å²) in [6.07, 6.45) is 0. The van der Waals surface area contributed by atoms with Crippen molar-refractivity contribution in [1.82, 2.24) is 0 Å². The molecule has 1 aromatic carbocycles. The summed E-state index contributed by atoms with van der Waals surface area (Å²) in [5.74, 6) is 0.814. The zero-order valence-electron chi connectivity index (χ0n) is 12.1. The Morgan fingerprint density at radius 1 is 1.12 bits per heavy atom. The predicted octanol–water partition coefficient (Wildman–Crippen LogP) is 4.95. The third kappa shape index (κ3) is 2.54. The van der Waals surface area contributed by atoms with Crippen LogP contribution in [0.4, 0.5) is 0 Å². The van der Waals surface area contributed by atoms with E-state index in [1.807, 2.05) is 6.92 Å². The van der Waals surface area contributed by atoms with Crippen molar-refractivity contribution < 1.29 is 5.11 Å². The molecule has 0 heterocycles. The maximum atomic E-state index is 10.3. The molecule has 0 amide bonds. The van der Waals surface area contributed by atoms with E-state index in [1.165, 1.54) is 22.3 Å². The lowest BCUT2D eigenvalue weighted by Gasteiger charge is -2.18. The molecule has 0 aliphatic heterocycles. The van der Waals surface area contributed by atoms with Gasteiger partial charge in [0.25, 0.3) is 0 Å². The highest BCUT2D eigenvalue weighted by atomic mass is 16.3. The van der Waals surface area contributed by atoms with E-state index >= 15 is 0 Å². The summed E-state index contributed by atoms with van der Waals surface area (Å²) in [4.78, 5) is 0. The van der Waals surface area contributed by atoms with Crippen LogP contribution < -0.4 is 0 Å². The zero-order valence-corrected chi connectivity index (χ0v) is 12.1. The molecule has 17 heavy (non-hydrogen) atoms. The van der Waals surface area contributed by atoms with Crippen LogP contribution in [0, 0.1) is 13.8 Å². The molecule has 1 heteroatoms. The molecular formula is C16H24O. The molecule has 0 radical (unpaired) electrons. The van der Waals surface area contributed by atoms with E-state index in [0.29, 0.717) is 11.7 Å². The maximum absolute atomic E-state index is 10.3. The first-order valence-corrected chi connectivity index (χ1v) is 6.24. The van der Waals surface area contributed by atoms with Crippen LogP contribution in [-0.4, -0.2) is 5.11 Å². The average molecular weight is 232 g/mol. The number of allylic oxidation sites excluding steroid dienone is 2. The van der Waals surface area contributed by atoms with Gasteiger partial charge in [0, 0.05) is 0 Å². The molecule has 0 aromatic heterocycles. The van der Waals surface area contributed by atoms with Gasteiger partial charge in [0.15, 0.2) is 0 Å². The number of phenolic OH excluding ortho intramolecular Hbond substituents is 1. The van der Waals surface area contributed by atoms with Crippen LogP contribution in [0.15, 0.2) is 11.6 Å². The molecule has 0 aliphatic rings. The number of aryl methyl sites for hydroxylation is 1. The lowest BCUT2D eigenvalue weighted by Crippen LogP contribution is -1.98. The van der Waals surface area contributed by atoms with Gasteiger partial charge in [-0.1, -0.05) is 25.5 Å². The fourth-order valence-electron chi connectivity index (χ4n) is 2.27. The molecule has 1 aromatic rings. The molecule has 0 spiro atoms. The van der Waals surface area contributed by atoms with Crippen molar-refractivity contribution in [2.75, 3.05) is 0 Å². The SMILES string of the molecule is CC(C)=C(C)c1c(C)cc(C(C)C)c(O)c1C. The lowest BCUT2D eigenvalue weighted by molar-refractivity contribution is 0.460. The highest BCUT2D eigenvalue weighted by Gasteiger charge is 2.15. The van der Waals surface area contributed by atoms with Crippen molar-refractivity contribution in [3.05, 3.63) is 33.9 Å². The fraction of sp³-hybridized carbons (Fsp3) is 0.500. The second kappa shape index (κ2) is 4.95. The molecule has 1 N–H and O–H groups in total. The molecule has 0 saturated carbocycles. The lowest BCUT2D eigenvalue weighted by atomic mass is 9.88. The Hall–Kier alpha value is -1.24. The predicted molar refractivity (Wildman–Crippen MR) is 75.6 cm³/mol. The molecule has 0 saturated heterocycles. The summed E-state index contributed by atoms with van der Waals surface area (Å²) in [6, 6.07) is 2.12. The summed E-state index contributed by atoms with van der Waals surface area (Å²) in [5.41, 5.74) is 7.07. The first-order chi connectivity index (χ1) is 7.77. The molecule has 1 rings (SSSR count). The fourth-order valence-corrected chi connectivity index (χ4v) is 2.27. The van der Waals surface area contributed by atoms with E-state index in [9.17, 15) is 5.11 Å². The van der Waals surface area contributed by atoms with Crippen molar-refractivity contribution in [3.8, 4) is 5.75 Å². The van der Waals surface area contributed by atoms with Gasteiger partial charge in [0.2, 0.25) is 0 Å². The van der Waals surface area contributed by atoms with Gasteiger partial charge in [-0.25, -0.2) is 0 Å². The highest BCUT2D eigenvalue weighted by molar-refractivity contribution is 5.74. The second-order valence-electron chi connectivity index (χ2n) is 5.41. The van der Waals surface area contributed by atoms with Crippen LogP contribution in [0.25, 0.3) is 5.57 Å². The van der Waals surface area contributed by atoms with Gasteiger partial charge in [-0.05, 0) is 68.4 Å². The molecular weight excluding hydrogens is 208 g/mol. The maximum Gasteiger partial charge on any atom is 0.122 e. The molecule has 0 bridgehead atoms. The van der Waals surface area contributed by atoms with E-state index in [-0.39, 0.29) is 0 Å². The van der Waals surface area contributed by atoms with E-state index in [0.717, 1.165) is 11.1 Å². The van der Waals surface area contributed by atoms with Crippen molar-refractivity contribution in [3.63, 3.8) is 0 Å². The van der Waals surface area contributed by atoms with Crippen LogP contribution in [0.2, 0.25) is 0 Å². The number of phenols is 1. The third-order valence-electron chi connectivity index (χ3n) is 3.52. The largest absolute Gasteiger partial charge is 0.507 e. The van der Waals surface area contributed by atoms with Crippen molar-refractivity contribution in [2.45, 2.75) is 54.4 Å². The third-order valence-corrected chi connectivity index (χ3v) is 3.52. The molecule has 0 atom stereocenters. The average Bonchev–Trinajstić information content (AvgIpc) is 2.22. The Bertz CT molecular complexity index is 461. The van der Waals surface area contributed by atoms with Crippen LogP contribution in [0.1, 0.15) is 62.8 Å². The molecule has 94 valence electrons. The van der Waals surface area contributed by atoms with Gasteiger partial charge in [-0.2, -0.15) is 0 Å². The molecule has 0 aliphatic carbocycles. The minimum atomic E-state index is 0.355. The van der Waals surface area contributed by atoms with Crippen LogP contribution in [0.5, 0.6) is 5.75 Å². The monoisotopic (exact) mass is 232 g/mol. The van der Waals surface area contributed by atoms with Gasteiger partial charge in [0.05, 0.1) is 0 Å². The van der Waals surface area contributed by atoms with E-state index in [1.54, 1.807) is 0 Å². The summed E-state index contributed by atoms with van der Waals surface area (Å²) in [6.45, 7) is 14.7. The second-order valence-corrected chi connectivity index (χ2v) is 5.41. The van der Waals surface area contributed by atoms with Gasteiger partial charge in [0.1, 0.15) is 5.75 Å². The van der Waals surface area contributed by atoms with E-state index < -0.39 is 0 Å². The smallest absolute Gasteiger partial charge is 0.122 e. The normalized spacial score (nSPS) is 10.8. The summed E-state index contributed by atoms with van der Waals surface area (Å²) < 4.78 is 0. The van der Waals surface area contributed by atoms with E-state index in [2.05, 4.69) is 47.6 Å². The Morgan fingerprint density at radius 2 is 1.65 bits per heavy atom. The standard InChI is InChI=1S/C16H24O/c1-9(2)12(6)15-11(5)8-14(10(3)4)16(17)13(15)7/h8,10,17H,1-7H3. The number of rotatable bonds is 2. The van der Waals surface area contributed by atoms with E-state index in [4.69, 9.17) is 0 Å². The highest BCUT2D eigenvalue weighted by Crippen LogP contribution is 2.36. The van der Waals surface area contributed by atoms with Crippen molar-refractivity contribution in [2.24, 2.45) is 0 Å². The van der Waals surface area contributed by atoms with Gasteiger partial charge in [-0.3, -0.25) is 0 Å². The topological polar surface area (TPSA) is 20.2 Å². The van der Waals surface area contributed by atoms with Crippen LogP contribution in [-0.2, 0) is 0 Å². The quantitative estimate of drug-likeness (QED) is 0.765. The Balaban J connectivity index is 3.58. The zero-order chi connectivity index (χ0) is 13.3. The number of aromatic hydroxyl groups is 1. The minimum absolute atomic E-state index is 0.355. The van der Waals surface area contributed by atoms with Crippen LogP contribution in [0.3, 0.4) is 0 Å². The van der Waals surface area contributed by atoms with Crippen LogP contribution >= 0.6 is 0 Å². The molecule has 0 unspecified atom stereocenters. The first-order valence-electron chi connectivity index (χ1n) is 6.24. The van der Waals surface area contributed by atoms with Crippen molar-refractivity contribution in [1.29, 1.82) is 0 Å². The number of benzene rings is 1. The Kier molecular flexibility index (Phi) is 4.03. The molecule has 0 fully saturated rings. The van der Waals surface area contributed by atoms with Gasteiger partial charge >= 0.3 is 0 Å². The van der Waals surface area contributed by atoms with Gasteiger partial charge in [-0.15, -0.1) is 0 Å². The Labute approximate surface area is 105 Å². The van der Waals surface area contributed by atoms with Crippen molar-refractivity contribution >= 4 is 5.57 Å². The Morgan fingerprint density at radius 3 is 2.06 bits per heavy atom.